The van der Waals surface area contributed by atoms with Crippen LogP contribution in [0, 0.1) is 17.5 Å². The first kappa shape index (κ1) is 26.9. The average Bonchev–Trinajstić information content (AvgIpc) is 3.09. The molecule has 2 rings (SSSR count). The Morgan fingerprint density at radius 3 is 2.25 bits per heavy atom. The van der Waals surface area contributed by atoms with E-state index in [4.69, 9.17) is 18.6 Å². The molecule has 0 N–H and O–H groups in total. The molecule has 0 bridgehead atoms. The summed E-state index contributed by atoms with van der Waals surface area (Å²) in [6, 6.07) is 1.30. The number of esters is 1. The molecule has 0 aromatic heterocycles. The van der Waals surface area contributed by atoms with Crippen LogP contribution >= 0.6 is 30.2 Å². The lowest BCUT2D eigenvalue weighted by atomic mass is 9.99. The monoisotopic (exact) mass is 592 g/mol. The standard InChI is InChI=1S/C19H25F3IN2O6P/c1-4-28-18(26)19(13-10-14(20)17(22)15(21)11-13)25(9-7-8-23)16(24-31-19)12-32(27,29-5-2)30-6-3/h10-11H,4-9,12H2,1-3H3. The van der Waals surface area contributed by atoms with E-state index in [1.54, 1.807) is 20.8 Å². The number of benzene rings is 1. The molecule has 1 aromatic carbocycles. The Labute approximate surface area is 198 Å². The number of carbonyl (C=O) groups excluding carboxylic acids is 1. The van der Waals surface area contributed by atoms with E-state index in [1.807, 2.05) is 0 Å². The average molecular weight is 592 g/mol. The highest BCUT2D eigenvalue weighted by molar-refractivity contribution is 14.1. The van der Waals surface area contributed by atoms with Crippen LogP contribution < -0.4 is 0 Å². The van der Waals surface area contributed by atoms with Crippen molar-refractivity contribution >= 4 is 42.0 Å². The summed E-state index contributed by atoms with van der Waals surface area (Å²) in [6.45, 7) is 5.06. The highest BCUT2D eigenvalue weighted by Gasteiger charge is 2.57. The van der Waals surface area contributed by atoms with E-state index in [2.05, 4.69) is 27.7 Å². The highest BCUT2D eigenvalue weighted by atomic mass is 127. The van der Waals surface area contributed by atoms with Gasteiger partial charge in [0.2, 0.25) is 0 Å². The first-order chi connectivity index (χ1) is 15.2. The van der Waals surface area contributed by atoms with Crippen LogP contribution in [0.5, 0.6) is 0 Å². The fourth-order valence-corrected chi connectivity index (χ4v) is 5.13. The summed E-state index contributed by atoms with van der Waals surface area (Å²) in [5, 5.41) is 3.90. The summed E-state index contributed by atoms with van der Waals surface area (Å²) in [7, 11) is -3.67. The Bertz CT molecular complexity index is 873. The van der Waals surface area contributed by atoms with E-state index in [1.165, 1.54) is 4.90 Å². The molecule has 1 atom stereocenters. The maximum atomic E-state index is 14.1. The maximum Gasteiger partial charge on any atom is 0.380 e. The van der Waals surface area contributed by atoms with Crippen LogP contribution in [0.25, 0.3) is 0 Å². The molecule has 1 aliphatic heterocycles. The van der Waals surface area contributed by atoms with Gasteiger partial charge in [0.1, 0.15) is 6.16 Å². The Morgan fingerprint density at radius 1 is 1.16 bits per heavy atom. The van der Waals surface area contributed by atoms with Gasteiger partial charge >= 0.3 is 19.3 Å². The normalized spacial score (nSPS) is 18.5. The van der Waals surface area contributed by atoms with E-state index in [-0.39, 0.29) is 43.9 Å². The number of hydrogen-bond donors (Lipinski definition) is 0. The number of halogens is 4. The number of alkyl halides is 1. The van der Waals surface area contributed by atoms with Crippen LogP contribution in [0.4, 0.5) is 13.2 Å². The van der Waals surface area contributed by atoms with Gasteiger partial charge in [0.15, 0.2) is 23.3 Å². The van der Waals surface area contributed by atoms with Gasteiger partial charge in [-0.1, -0.05) is 27.7 Å². The van der Waals surface area contributed by atoms with Crippen LogP contribution in [0.2, 0.25) is 0 Å². The van der Waals surface area contributed by atoms with Crippen molar-refractivity contribution in [3.8, 4) is 0 Å². The third kappa shape index (κ3) is 5.57. The first-order valence-electron chi connectivity index (χ1n) is 9.98. The molecule has 0 saturated carbocycles. The molecular formula is C19H25F3IN2O6P. The number of oxime groups is 1. The van der Waals surface area contributed by atoms with Crippen molar-refractivity contribution < 1.29 is 41.2 Å². The predicted octanol–water partition coefficient (Wildman–Crippen LogP) is 4.56. The van der Waals surface area contributed by atoms with Gasteiger partial charge in [-0.15, -0.1) is 0 Å². The molecule has 0 aliphatic carbocycles. The predicted molar refractivity (Wildman–Crippen MR) is 119 cm³/mol. The zero-order chi connectivity index (χ0) is 23.9. The lowest BCUT2D eigenvalue weighted by molar-refractivity contribution is -0.189. The van der Waals surface area contributed by atoms with E-state index >= 15 is 0 Å². The minimum Gasteiger partial charge on any atom is -0.461 e. The van der Waals surface area contributed by atoms with Gasteiger partial charge in [-0.05, 0) is 39.3 Å². The summed E-state index contributed by atoms with van der Waals surface area (Å²) >= 11 is 2.11. The molecule has 0 spiro atoms. The van der Waals surface area contributed by atoms with Crippen molar-refractivity contribution in [3.05, 3.63) is 35.1 Å². The Hall–Kier alpha value is -1.37. The van der Waals surface area contributed by atoms with Crippen molar-refractivity contribution in [2.75, 3.05) is 37.0 Å². The highest BCUT2D eigenvalue weighted by Crippen LogP contribution is 2.50. The number of nitrogens with zero attached hydrogens (tertiary/aromatic N) is 2. The van der Waals surface area contributed by atoms with Gasteiger partial charge < -0.3 is 23.5 Å². The molecule has 8 nitrogen and oxygen atoms in total. The van der Waals surface area contributed by atoms with Crippen molar-refractivity contribution in [2.24, 2.45) is 5.16 Å². The number of hydrogen-bond acceptors (Lipinski definition) is 8. The summed E-state index contributed by atoms with van der Waals surface area (Å²) in [6.07, 6.45) is 0.146. The van der Waals surface area contributed by atoms with Crippen molar-refractivity contribution in [1.29, 1.82) is 0 Å². The lowest BCUT2D eigenvalue weighted by Gasteiger charge is -2.35. The first-order valence-corrected chi connectivity index (χ1v) is 13.2. The van der Waals surface area contributed by atoms with E-state index in [0.29, 0.717) is 23.0 Å². The van der Waals surface area contributed by atoms with Crippen LogP contribution in [0.15, 0.2) is 17.3 Å². The van der Waals surface area contributed by atoms with Crippen LogP contribution in [-0.4, -0.2) is 53.7 Å². The summed E-state index contributed by atoms with van der Waals surface area (Å²) in [5.74, 6) is -5.71. The van der Waals surface area contributed by atoms with Crippen LogP contribution in [0.1, 0.15) is 32.8 Å². The molecule has 0 saturated heterocycles. The van der Waals surface area contributed by atoms with E-state index in [0.717, 1.165) is 0 Å². The third-order valence-electron chi connectivity index (χ3n) is 4.40. The fourth-order valence-electron chi connectivity index (χ4n) is 3.17. The second kappa shape index (κ2) is 11.7. The third-order valence-corrected chi connectivity index (χ3v) is 7.14. The van der Waals surface area contributed by atoms with Gasteiger partial charge in [0.05, 0.1) is 19.8 Å². The molecule has 180 valence electrons. The van der Waals surface area contributed by atoms with E-state index < -0.39 is 36.7 Å². The largest absolute Gasteiger partial charge is 0.461 e. The Kier molecular flexibility index (Phi) is 9.80. The molecular weight excluding hydrogens is 567 g/mol. The second-order valence-electron chi connectivity index (χ2n) is 6.52. The summed E-state index contributed by atoms with van der Waals surface area (Å²) in [5.41, 5.74) is -2.60. The topological polar surface area (TPSA) is 86.7 Å². The van der Waals surface area contributed by atoms with Crippen molar-refractivity contribution in [3.63, 3.8) is 0 Å². The Balaban J connectivity index is 2.60. The number of amidine groups is 1. The maximum absolute atomic E-state index is 14.1. The molecule has 32 heavy (non-hydrogen) atoms. The summed E-state index contributed by atoms with van der Waals surface area (Å²) in [4.78, 5) is 19.8. The fraction of sp³-hybridized carbons (Fsp3) is 0.579. The van der Waals surface area contributed by atoms with Gasteiger partial charge in [-0.2, -0.15) is 0 Å². The van der Waals surface area contributed by atoms with E-state index in [9.17, 15) is 22.5 Å². The second-order valence-corrected chi connectivity index (χ2v) is 9.65. The van der Waals surface area contributed by atoms with Gasteiger partial charge in [0.25, 0.3) is 0 Å². The smallest absolute Gasteiger partial charge is 0.380 e. The van der Waals surface area contributed by atoms with Crippen molar-refractivity contribution in [1.82, 2.24) is 4.90 Å². The van der Waals surface area contributed by atoms with Crippen LogP contribution in [0.3, 0.4) is 0 Å². The number of rotatable bonds is 12. The number of ether oxygens (including phenoxy) is 1. The SMILES string of the molecule is CCOC(=O)C1(c2cc(F)c(F)c(F)c2)ON=C(CP(=O)(OCC)OCC)N1CCCI. The molecule has 0 amide bonds. The number of carbonyl (C=O) groups is 1. The molecule has 1 heterocycles. The zero-order valence-electron chi connectivity index (χ0n) is 17.9. The van der Waals surface area contributed by atoms with Gasteiger partial charge in [-0.3, -0.25) is 4.57 Å². The molecule has 1 unspecified atom stereocenters. The minimum atomic E-state index is -3.67. The van der Waals surface area contributed by atoms with Gasteiger partial charge in [0, 0.05) is 16.5 Å². The molecule has 1 aliphatic rings. The molecule has 0 radical (unpaired) electrons. The minimum absolute atomic E-state index is 0.0123. The Morgan fingerprint density at radius 2 is 1.75 bits per heavy atom. The van der Waals surface area contributed by atoms with Crippen LogP contribution in [-0.2, 0) is 33.7 Å². The lowest BCUT2D eigenvalue weighted by Crippen LogP contribution is -2.54. The van der Waals surface area contributed by atoms with Gasteiger partial charge in [-0.25, -0.2) is 18.0 Å². The quantitative estimate of drug-likeness (QED) is 0.116. The van der Waals surface area contributed by atoms with Crippen molar-refractivity contribution in [2.45, 2.75) is 32.9 Å². The molecule has 0 fully saturated rings. The molecule has 1 aromatic rings. The summed E-state index contributed by atoms with van der Waals surface area (Å²) < 4.78 is 71.3. The zero-order valence-corrected chi connectivity index (χ0v) is 21.0. The molecule has 13 heteroatoms.